The normalized spacial score (nSPS) is 14.9. The van der Waals surface area contributed by atoms with E-state index in [2.05, 4.69) is 35.5 Å². The Labute approximate surface area is 230 Å². The lowest BCUT2D eigenvalue weighted by Crippen LogP contribution is -2.47. The molecule has 3 aromatic heterocycles. The van der Waals surface area contributed by atoms with Crippen molar-refractivity contribution in [3.05, 3.63) is 64.2 Å². The molecule has 0 spiro atoms. The van der Waals surface area contributed by atoms with E-state index in [1.807, 2.05) is 39.0 Å². The minimum Gasteiger partial charge on any atom is -0.453 e. The average molecular weight is 552 g/mol. The van der Waals surface area contributed by atoms with Crippen molar-refractivity contribution < 1.29 is 23.5 Å². The molecule has 0 aliphatic heterocycles. The lowest BCUT2D eigenvalue weighted by Gasteiger charge is -2.24. The number of pyridine rings is 1. The highest BCUT2D eigenvalue weighted by atomic mass is 16.5. The van der Waals surface area contributed by atoms with E-state index in [0.29, 0.717) is 11.7 Å². The summed E-state index contributed by atoms with van der Waals surface area (Å²) in [7, 11) is 1.16. The predicted octanol–water partition coefficient (Wildman–Crippen LogP) is 2.60. The molecule has 2 N–H and O–H groups in total. The number of aromatic nitrogens is 5. The first kappa shape index (κ1) is 28.6. The summed E-state index contributed by atoms with van der Waals surface area (Å²) in [5.41, 5.74) is -1.11. The van der Waals surface area contributed by atoms with Crippen LogP contribution >= 0.6 is 0 Å². The number of carbonyl (C=O) groups excluding carboxylic acids is 3. The summed E-state index contributed by atoms with van der Waals surface area (Å²) in [5, 5.41) is 13.1. The molecule has 3 aromatic rings. The molecule has 0 saturated heterocycles. The summed E-state index contributed by atoms with van der Waals surface area (Å²) >= 11 is 0. The number of nitrogens with one attached hydrogen (secondary N) is 2. The smallest absolute Gasteiger partial charge is 0.411 e. The third kappa shape index (κ3) is 5.77. The molecule has 40 heavy (non-hydrogen) atoms. The highest BCUT2D eigenvalue weighted by Gasteiger charge is 2.52. The van der Waals surface area contributed by atoms with Crippen LogP contribution in [0.2, 0.25) is 0 Å². The van der Waals surface area contributed by atoms with E-state index < -0.39 is 46.8 Å². The Hall–Kier alpha value is -4.42. The van der Waals surface area contributed by atoms with Gasteiger partial charge in [-0.15, -0.1) is 10.2 Å². The first-order chi connectivity index (χ1) is 18.9. The molecule has 1 atom stereocenters. The molecule has 1 fully saturated rings. The van der Waals surface area contributed by atoms with Gasteiger partial charge >= 0.3 is 6.09 Å². The second-order valence-corrected chi connectivity index (χ2v) is 11.1. The van der Waals surface area contributed by atoms with E-state index in [1.54, 1.807) is 20.0 Å². The molecule has 0 bridgehead atoms. The number of hydrogen-bond donors (Lipinski definition) is 2. The topological polar surface area (TPSA) is 171 Å². The van der Waals surface area contributed by atoms with E-state index in [1.165, 1.54) is 6.20 Å². The van der Waals surface area contributed by atoms with Crippen LogP contribution in [0.15, 0.2) is 39.8 Å². The number of ketones is 1. The van der Waals surface area contributed by atoms with Crippen molar-refractivity contribution in [2.24, 2.45) is 5.92 Å². The highest BCUT2D eigenvalue weighted by Crippen LogP contribution is 2.52. The molecule has 0 unspecified atom stereocenters. The minimum atomic E-state index is -0.996. The van der Waals surface area contributed by atoms with Crippen LogP contribution in [0.3, 0.4) is 0 Å². The van der Waals surface area contributed by atoms with E-state index >= 15 is 0 Å². The fourth-order valence-corrected chi connectivity index (χ4v) is 4.38. The van der Waals surface area contributed by atoms with Gasteiger partial charge < -0.3 is 14.5 Å². The fourth-order valence-electron chi connectivity index (χ4n) is 4.38. The van der Waals surface area contributed by atoms with Gasteiger partial charge in [-0.05, 0) is 30.9 Å². The van der Waals surface area contributed by atoms with Gasteiger partial charge in [-0.2, -0.15) is 0 Å². The van der Waals surface area contributed by atoms with Crippen molar-refractivity contribution in [3.63, 3.8) is 0 Å². The molecule has 0 radical (unpaired) electrons. The summed E-state index contributed by atoms with van der Waals surface area (Å²) in [5.74, 6) is -1.06. The molecule has 3 heterocycles. The van der Waals surface area contributed by atoms with Gasteiger partial charge in [0.25, 0.3) is 11.4 Å². The summed E-state index contributed by atoms with van der Waals surface area (Å²) in [6, 6.07) is 4.58. The molecule has 212 valence electrons. The summed E-state index contributed by atoms with van der Waals surface area (Å²) in [6.07, 6.45) is 3.60. The lowest BCUT2D eigenvalue weighted by atomic mass is 9.95. The van der Waals surface area contributed by atoms with Crippen LogP contribution in [0.1, 0.15) is 75.6 Å². The molecule has 1 saturated carbocycles. The molecule has 1 aliphatic carbocycles. The van der Waals surface area contributed by atoms with Crippen molar-refractivity contribution >= 4 is 23.5 Å². The number of methoxy groups -OCH3 is 1. The molecular formula is C27H33N7O6. The summed E-state index contributed by atoms with van der Waals surface area (Å²) in [4.78, 5) is 60.2. The van der Waals surface area contributed by atoms with Crippen molar-refractivity contribution in [2.45, 2.75) is 70.9 Å². The van der Waals surface area contributed by atoms with E-state index in [4.69, 9.17) is 4.42 Å². The predicted molar refractivity (Wildman–Crippen MR) is 143 cm³/mol. The number of nitrogens with zero attached hydrogens (tertiary/aromatic N) is 5. The van der Waals surface area contributed by atoms with Crippen molar-refractivity contribution in [1.29, 1.82) is 0 Å². The van der Waals surface area contributed by atoms with Crippen molar-refractivity contribution in [1.82, 2.24) is 30.0 Å². The van der Waals surface area contributed by atoms with Crippen molar-refractivity contribution in [2.75, 3.05) is 12.4 Å². The Morgan fingerprint density at radius 1 is 1.15 bits per heavy atom. The Bertz CT molecular complexity index is 1470. The Balaban J connectivity index is 1.56. The molecule has 13 heteroatoms. The van der Waals surface area contributed by atoms with Crippen molar-refractivity contribution in [3.8, 4) is 0 Å². The zero-order valence-corrected chi connectivity index (χ0v) is 23.3. The van der Waals surface area contributed by atoms with Crippen LogP contribution in [-0.2, 0) is 26.9 Å². The maximum Gasteiger partial charge on any atom is 0.411 e. The lowest BCUT2D eigenvalue weighted by molar-refractivity contribution is -0.122. The standard InChI is InChI=1S/C27H33N7O6/c1-15(2)19(20(36)21-32-33-24(40-21)27(10-11-27)17-9-7-8-12-28-17)31-18(35)14-34-22(37)16(30-25(38)39-6)13-29-23(34)26(3,4)5/h7-9,12-13,15,19H,10-11,14H2,1-6H3,(H,30,38)(H,31,35)/t19-/m0/s1. The largest absolute Gasteiger partial charge is 0.453 e. The number of carbonyl (C=O) groups is 3. The van der Waals surface area contributed by atoms with E-state index in [-0.39, 0.29) is 17.5 Å². The molecular weight excluding hydrogens is 518 g/mol. The van der Waals surface area contributed by atoms with Crippen LogP contribution in [0.4, 0.5) is 10.5 Å². The SMILES string of the molecule is COC(=O)Nc1cnc(C(C)(C)C)n(CC(=O)N[C@H](C(=O)c2nnc(C3(c4ccccn4)CC3)o2)C(C)C)c1=O. The third-order valence-electron chi connectivity index (χ3n) is 6.66. The number of rotatable bonds is 9. The number of ether oxygens (including phenoxy) is 1. The van der Waals surface area contributed by atoms with Gasteiger partial charge in [0.2, 0.25) is 17.6 Å². The zero-order chi connectivity index (χ0) is 29.2. The molecule has 0 aromatic carbocycles. The van der Waals surface area contributed by atoms with E-state index in [9.17, 15) is 19.2 Å². The first-order valence-corrected chi connectivity index (χ1v) is 12.9. The number of hydrogen-bond acceptors (Lipinski definition) is 10. The average Bonchev–Trinajstić information content (AvgIpc) is 3.57. The minimum absolute atomic E-state index is 0.149. The van der Waals surface area contributed by atoms with Crippen LogP contribution in [0.25, 0.3) is 0 Å². The third-order valence-corrected chi connectivity index (χ3v) is 6.66. The Morgan fingerprint density at radius 3 is 2.45 bits per heavy atom. The highest BCUT2D eigenvalue weighted by molar-refractivity contribution is 5.98. The number of anilines is 1. The number of Topliss-reactive ketones (excluding diaryl/α,β-unsaturated/α-hetero) is 1. The van der Waals surface area contributed by atoms with Gasteiger partial charge in [0.1, 0.15) is 18.1 Å². The van der Waals surface area contributed by atoms with Crippen LogP contribution in [-0.4, -0.2) is 55.7 Å². The maximum absolute atomic E-state index is 13.4. The quantitative estimate of drug-likeness (QED) is 0.377. The summed E-state index contributed by atoms with van der Waals surface area (Å²) < 4.78 is 11.5. The van der Waals surface area contributed by atoms with Gasteiger partial charge in [0.15, 0.2) is 0 Å². The van der Waals surface area contributed by atoms with Gasteiger partial charge in [0, 0.05) is 11.6 Å². The molecule has 1 aliphatic rings. The van der Waals surface area contributed by atoms with Crippen LogP contribution in [0.5, 0.6) is 0 Å². The fraction of sp³-hybridized carbons (Fsp3) is 0.481. The second-order valence-electron chi connectivity index (χ2n) is 11.1. The zero-order valence-electron chi connectivity index (χ0n) is 23.3. The monoisotopic (exact) mass is 551 g/mol. The summed E-state index contributed by atoms with van der Waals surface area (Å²) in [6.45, 7) is 8.60. The number of amides is 2. The second kappa shape index (κ2) is 11.0. The molecule has 4 rings (SSSR count). The molecule has 13 nitrogen and oxygen atoms in total. The van der Waals surface area contributed by atoms with E-state index in [0.717, 1.165) is 30.2 Å². The Kier molecular flexibility index (Phi) is 7.85. The Morgan fingerprint density at radius 2 is 1.88 bits per heavy atom. The van der Waals surface area contributed by atoms with Gasteiger partial charge in [0.05, 0.1) is 30.5 Å². The van der Waals surface area contributed by atoms with Crippen LogP contribution in [0, 0.1) is 5.92 Å². The molecule has 2 amide bonds. The first-order valence-electron chi connectivity index (χ1n) is 12.9. The van der Waals surface area contributed by atoms with Crippen LogP contribution < -0.4 is 16.2 Å². The van der Waals surface area contributed by atoms with Gasteiger partial charge in [-0.3, -0.25) is 29.3 Å². The van der Waals surface area contributed by atoms with Gasteiger partial charge in [-0.25, -0.2) is 9.78 Å². The maximum atomic E-state index is 13.4. The van der Waals surface area contributed by atoms with Gasteiger partial charge in [-0.1, -0.05) is 40.7 Å².